The molecule has 2 bridgehead atoms. The van der Waals surface area contributed by atoms with Crippen LogP contribution in [0.5, 0.6) is 11.8 Å². The van der Waals surface area contributed by atoms with E-state index in [9.17, 15) is 9.50 Å². The number of aromatic hydroxyl groups is 1. The minimum Gasteiger partial charge on any atom is -0.508 e. The first-order valence-electron chi connectivity index (χ1n) is 15.2. The average molecular weight is 597 g/mol. The van der Waals surface area contributed by atoms with Gasteiger partial charge in [-0.2, -0.15) is 9.97 Å². The number of nitrogens with zero attached hydrogens (tertiary/aromatic N) is 5. The van der Waals surface area contributed by atoms with E-state index < -0.39 is 12.0 Å². The molecule has 3 aromatic rings. The summed E-state index contributed by atoms with van der Waals surface area (Å²) in [6.45, 7) is 5.17. The van der Waals surface area contributed by atoms with Crippen molar-refractivity contribution in [2.75, 3.05) is 37.7 Å². The fourth-order valence-electron chi connectivity index (χ4n) is 8.03. The van der Waals surface area contributed by atoms with Crippen molar-refractivity contribution >= 4 is 28.3 Å². The number of fused-ring (bicyclic) bond motifs is 4. The van der Waals surface area contributed by atoms with Gasteiger partial charge in [0.25, 0.3) is 0 Å². The van der Waals surface area contributed by atoms with Crippen molar-refractivity contribution in [3.05, 3.63) is 34.7 Å². The number of phenolic OH excluding ortho intramolecular Hbond substituents is 1. The number of alkyl halides is 1. The van der Waals surface area contributed by atoms with Crippen LogP contribution in [0.3, 0.4) is 0 Å². The Morgan fingerprint density at radius 2 is 1.98 bits per heavy atom. The topological polar surface area (TPSA) is 86.6 Å². The van der Waals surface area contributed by atoms with Gasteiger partial charge in [-0.05, 0) is 68.2 Å². The summed E-state index contributed by atoms with van der Waals surface area (Å²) in [6.07, 6.45) is 6.18. The van der Waals surface area contributed by atoms with Gasteiger partial charge >= 0.3 is 6.01 Å². The van der Waals surface area contributed by atoms with E-state index in [2.05, 4.69) is 32.0 Å². The molecule has 5 aliphatic rings. The van der Waals surface area contributed by atoms with Crippen molar-refractivity contribution in [2.45, 2.75) is 75.2 Å². The lowest BCUT2D eigenvalue weighted by molar-refractivity contribution is 0.107. The summed E-state index contributed by atoms with van der Waals surface area (Å²) >= 11 is 6.60. The van der Waals surface area contributed by atoms with Crippen LogP contribution in [0, 0.1) is 11.7 Å². The van der Waals surface area contributed by atoms with Crippen molar-refractivity contribution in [2.24, 2.45) is 5.92 Å². The first kappa shape index (κ1) is 26.8. The van der Waals surface area contributed by atoms with Gasteiger partial charge in [0, 0.05) is 54.9 Å². The van der Waals surface area contributed by atoms with Crippen LogP contribution in [-0.4, -0.2) is 81.5 Å². The van der Waals surface area contributed by atoms with Gasteiger partial charge in [-0.1, -0.05) is 18.5 Å². The lowest BCUT2D eigenvalue weighted by Crippen LogP contribution is -2.51. The van der Waals surface area contributed by atoms with Crippen LogP contribution >= 0.6 is 11.6 Å². The van der Waals surface area contributed by atoms with Crippen molar-refractivity contribution < 1.29 is 18.6 Å². The van der Waals surface area contributed by atoms with E-state index in [1.54, 1.807) is 12.3 Å². The maximum Gasteiger partial charge on any atom is 0.319 e. The molecule has 6 heterocycles. The lowest BCUT2D eigenvalue weighted by Gasteiger charge is -2.34. The van der Waals surface area contributed by atoms with Crippen LogP contribution in [0.15, 0.2) is 18.3 Å². The van der Waals surface area contributed by atoms with Gasteiger partial charge in [0.15, 0.2) is 5.82 Å². The van der Waals surface area contributed by atoms with Crippen molar-refractivity contribution in [1.82, 2.24) is 25.2 Å². The fraction of sp³-hybridized carbons (Fsp3) is 0.581. The molecule has 1 aliphatic carbocycles. The third-order valence-electron chi connectivity index (χ3n) is 10.2. The molecule has 1 saturated carbocycles. The van der Waals surface area contributed by atoms with Crippen molar-refractivity contribution in [1.29, 1.82) is 0 Å². The lowest BCUT2D eigenvalue weighted by atomic mass is 9.95. The summed E-state index contributed by atoms with van der Waals surface area (Å²) in [5.74, 6) is 0.564. The highest BCUT2D eigenvalue weighted by Crippen LogP contribution is 2.53. The van der Waals surface area contributed by atoms with E-state index in [-0.39, 0.29) is 41.0 Å². The minimum atomic E-state index is -0.873. The van der Waals surface area contributed by atoms with Crippen molar-refractivity contribution in [3.8, 4) is 23.0 Å². The average Bonchev–Trinajstić information content (AvgIpc) is 3.22. The van der Waals surface area contributed by atoms with Gasteiger partial charge < -0.3 is 20.1 Å². The zero-order valence-corrected chi connectivity index (χ0v) is 24.4. The molecule has 0 radical (unpaired) electrons. The van der Waals surface area contributed by atoms with Crippen molar-refractivity contribution in [3.63, 3.8) is 0 Å². The molecule has 8 nitrogen and oxygen atoms in total. The molecule has 3 unspecified atom stereocenters. The zero-order valence-electron chi connectivity index (χ0n) is 23.6. The van der Waals surface area contributed by atoms with Gasteiger partial charge in [0.2, 0.25) is 0 Å². The third-order valence-corrected chi connectivity index (χ3v) is 10.6. The number of phenols is 1. The Kier molecular flexibility index (Phi) is 6.28. The molecule has 8 rings (SSSR count). The summed E-state index contributed by atoms with van der Waals surface area (Å²) in [5.41, 5.74) is 1.14. The monoisotopic (exact) mass is 596 g/mol. The SMILES string of the molecule is C[C@@H]1CC1c1c(Cl)cc(O)cc1-c1ncc2c(N3CC4CCC(C3)N4)nc(OC[C@@]34CCCN3C[C@H](F)C4)nc2c1F. The molecule has 1 aromatic carbocycles. The Balaban J connectivity index is 1.23. The number of benzene rings is 1. The summed E-state index contributed by atoms with van der Waals surface area (Å²) in [4.78, 5) is 18.4. The van der Waals surface area contributed by atoms with Gasteiger partial charge in [-0.15, -0.1) is 0 Å². The fourth-order valence-corrected chi connectivity index (χ4v) is 8.39. The van der Waals surface area contributed by atoms with Crippen LogP contribution in [0.4, 0.5) is 14.6 Å². The molecule has 11 heteroatoms. The second-order valence-electron chi connectivity index (χ2n) is 13.1. The standard InChI is InChI=1S/C31H35ClF2N6O2/c1-16-7-21(16)25-22(8-20(41)9-24(25)32)27-26(34)28-23(11-35-27)29(39-13-18-3-4-19(14-39)36-18)38-30(37-28)42-15-31-5-2-6-40(31)12-17(33)10-31/h8-9,11,16-19,21,36,41H,2-7,10,12-15H2,1H3/t16-,17-,18?,19?,21?,31+/m1/s1. The highest BCUT2D eigenvalue weighted by atomic mass is 35.5. The molecule has 0 spiro atoms. The normalized spacial score (nSPS) is 32.1. The number of halogens is 3. The molecule has 4 aliphatic heterocycles. The predicted molar refractivity (Wildman–Crippen MR) is 157 cm³/mol. The summed E-state index contributed by atoms with van der Waals surface area (Å²) < 4.78 is 37.3. The number of aromatic nitrogens is 3. The second-order valence-corrected chi connectivity index (χ2v) is 13.5. The number of nitrogens with one attached hydrogen (secondary N) is 1. The van der Waals surface area contributed by atoms with E-state index in [1.807, 2.05) is 0 Å². The molecule has 4 saturated heterocycles. The molecule has 6 atom stereocenters. The van der Waals surface area contributed by atoms with Gasteiger partial charge in [-0.25, -0.2) is 8.78 Å². The van der Waals surface area contributed by atoms with Crippen LogP contribution in [0.25, 0.3) is 22.2 Å². The van der Waals surface area contributed by atoms with Crippen LogP contribution in [-0.2, 0) is 0 Å². The Hall–Kier alpha value is -2.82. The Morgan fingerprint density at radius 1 is 1.19 bits per heavy atom. The molecule has 42 heavy (non-hydrogen) atoms. The molecule has 5 fully saturated rings. The summed E-state index contributed by atoms with van der Waals surface area (Å²) in [5, 5.41) is 15.0. The molecule has 0 amide bonds. The Labute approximate surface area is 248 Å². The van der Waals surface area contributed by atoms with Gasteiger partial charge in [-0.3, -0.25) is 9.88 Å². The third kappa shape index (κ3) is 4.40. The Bertz CT molecular complexity index is 1560. The quantitative estimate of drug-likeness (QED) is 0.401. The first-order valence-corrected chi connectivity index (χ1v) is 15.6. The number of hydrogen-bond acceptors (Lipinski definition) is 8. The second kappa shape index (κ2) is 9.86. The van der Waals surface area contributed by atoms with E-state index in [0.29, 0.717) is 52.8 Å². The van der Waals surface area contributed by atoms with E-state index in [0.717, 1.165) is 57.3 Å². The molecule has 2 N–H and O–H groups in total. The highest BCUT2D eigenvalue weighted by Gasteiger charge is 2.49. The number of piperazine rings is 1. The maximum absolute atomic E-state index is 16.7. The summed E-state index contributed by atoms with van der Waals surface area (Å²) in [6, 6.07) is 3.83. The predicted octanol–water partition coefficient (Wildman–Crippen LogP) is 5.21. The number of ether oxygens (including phenoxy) is 1. The van der Waals surface area contributed by atoms with Gasteiger partial charge in [0.1, 0.15) is 35.6 Å². The van der Waals surface area contributed by atoms with Crippen LogP contribution < -0.4 is 15.0 Å². The number of rotatable bonds is 6. The number of anilines is 1. The molecule has 2 aromatic heterocycles. The van der Waals surface area contributed by atoms with E-state index in [4.69, 9.17) is 21.3 Å². The molecular weight excluding hydrogens is 562 g/mol. The maximum atomic E-state index is 16.7. The highest BCUT2D eigenvalue weighted by molar-refractivity contribution is 6.32. The molecular formula is C31H35ClF2N6O2. The first-order chi connectivity index (χ1) is 20.3. The Morgan fingerprint density at radius 3 is 2.74 bits per heavy atom. The smallest absolute Gasteiger partial charge is 0.319 e. The van der Waals surface area contributed by atoms with Crippen LogP contribution in [0.2, 0.25) is 5.02 Å². The van der Waals surface area contributed by atoms with Crippen LogP contribution in [0.1, 0.15) is 56.9 Å². The largest absolute Gasteiger partial charge is 0.508 e. The van der Waals surface area contributed by atoms with Gasteiger partial charge in [0.05, 0.1) is 10.9 Å². The number of hydrogen-bond donors (Lipinski definition) is 2. The zero-order chi connectivity index (χ0) is 28.7. The number of pyridine rings is 1. The van der Waals surface area contributed by atoms with E-state index in [1.165, 1.54) is 6.07 Å². The minimum absolute atomic E-state index is 0.0415. The summed E-state index contributed by atoms with van der Waals surface area (Å²) in [7, 11) is 0. The molecule has 222 valence electrons. The van der Waals surface area contributed by atoms with E-state index >= 15 is 4.39 Å².